The van der Waals surface area contributed by atoms with E-state index in [0.717, 1.165) is 11.3 Å². The minimum atomic E-state index is -0.201. The highest BCUT2D eigenvalue weighted by atomic mass is 35.5. The van der Waals surface area contributed by atoms with E-state index in [9.17, 15) is 4.79 Å². The Morgan fingerprint density at radius 1 is 1.17 bits per heavy atom. The number of rotatable bonds is 3. The van der Waals surface area contributed by atoms with Crippen LogP contribution in [0.1, 0.15) is 5.56 Å². The Kier molecular flexibility index (Phi) is 5.14. The fourth-order valence-corrected chi connectivity index (χ4v) is 3.19. The molecule has 2 aromatic rings. The molecule has 1 saturated heterocycles. The van der Waals surface area contributed by atoms with Crippen LogP contribution < -0.4 is 10.1 Å². The van der Waals surface area contributed by atoms with Gasteiger partial charge in [-0.05, 0) is 47.7 Å². The Labute approximate surface area is 153 Å². The summed E-state index contributed by atoms with van der Waals surface area (Å²) < 4.78 is 5.12. The highest BCUT2D eigenvalue weighted by Crippen LogP contribution is 2.34. The van der Waals surface area contributed by atoms with Crippen molar-refractivity contribution >= 4 is 57.8 Å². The maximum atomic E-state index is 12.1. The Bertz CT molecular complexity index is 848. The van der Waals surface area contributed by atoms with Crippen LogP contribution in [0.15, 0.2) is 52.4 Å². The summed E-state index contributed by atoms with van der Waals surface area (Å²) in [5.74, 6) is 0.561. The number of aliphatic imine (C=N–C) groups is 1. The third-order valence-corrected chi connectivity index (χ3v) is 4.94. The van der Waals surface area contributed by atoms with Crippen molar-refractivity contribution < 1.29 is 9.53 Å². The Hall–Kier alpha value is -1.95. The third-order valence-electron chi connectivity index (χ3n) is 3.22. The standard InChI is InChI=1S/C17H12Cl2N2O2S/c1-23-11-7-5-10(6-8-11)9-14-16(22)21-17(24-14)20-13-4-2-3-12(18)15(13)19/h2-9H,1H3,(H,20,21,22). The first-order valence-electron chi connectivity index (χ1n) is 6.94. The van der Waals surface area contributed by atoms with Crippen LogP contribution in [0, 0.1) is 0 Å². The molecule has 4 nitrogen and oxygen atoms in total. The number of amides is 1. The molecule has 7 heteroatoms. The molecule has 0 saturated carbocycles. The molecule has 1 heterocycles. The number of amidine groups is 1. The average molecular weight is 379 g/mol. The lowest BCUT2D eigenvalue weighted by molar-refractivity contribution is -0.115. The van der Waals surface area contributed by atoms with E-state index in [1.807, 2.05) is 24.3 Å². The third kappa shape index (κ3) is 3.75. The van der Waals surface area contributed by atoms with E-state index in [0.29, 0.717) is 25.8 Å². The number of halogens is 2. The number of thioether (sulfide) groups is 1. The number of hydrogen-bond acceptors (Lipinski definition) is 4. The number of methoxy groups -OCH3 is 1. The fraction of sp³-hybridized carbons (Fsp3) is 0.0588. The second-order valence-electron chi connectivity index (χ2n) is 4.83. The minimum Gasteiger partial charge on any atom is -0.497 e. The second-order valence-corrected chi connectivity index (χ2v) is 6.64. The van der Waals surface area contributed by atoms with Gasteiger partial charge >= 0.3 is 0 Å². The van der Waals surface area contributed by atoms with Crippen LogP contribution in [-0.4, -0.2) is 18.2 Å². The molecule has 24 heavy (non-hydrogen) atoms. The highest BCUT2D eigenvalue weighted by molar-refractivity contribution is 8.18. The Morgan fingerprint density at radius 2 is 1.92 bits per heavy atom. The number of benzene rings is 2. The topological polar surface area (TPSA) is 50.7 Å². The van der Waals surface area contributed by atoms with Crippen molar-refractivity contribution in [2.75, 3.05) is 7.11 Å². The first-order chi connectivity index (χ1) is 11.6. The van der Waals surface area contributed by atoms with E-state index in [4.69, 9.17) is 27.9 Å². The molecule has 1 fully saturated rings. The summed E-state index contributed by atoms with van der Waals surface area (Å²) in [6, 6.07) is 12.6. The van der Waals surface area contributed by atoms with Crippen molar-refractivity contribution in [2.45, 2.75) is 0 Å². The number of ether oxygens (including phenoxy) is 1. The van der Waals surface area contributed by atoms with Gasteiger partial charge in [0.1, 0.15) is 5.75 Å². The van der Waals surface area contributed by atoms with Crippen LogP contribution in [0.25, 0.3) is 6.08 Å². The van der Waals surface area contributed by atoms with Crippen LogP contribution in [0.5, 0.6) is 5.75 Å². The van der Waals surface area contributed by atoms with Crippen molar-refractivity contribution in [1.29, 1.82) is 0 Å². The largest absolute Gasteiger partial charge is 0.497 e. The van der Waals surface area contributed by atoms with Crippen molar-refractivity contribution in [2.24, 2.45) is 4.99 Å². The van der Waals surface area contributed by atoms with Crippen LogP contribution in [0.2, 0.25) is 10.0 Å². The molecule has 0 unspecified atom stereocenters. The van der Waals surface area contributed by atoms with Crippen molar-refractivity contribution in [3.8, 4) is 5.75 Å². The van der Waals surface area contributed by atoms with Crippen LogP contribution in [0.3, 0.4) is 0 Å². The van der Waals surface area contributed by atoms with Crippen molar-refractivity contribution in [3.05, 3.63) is 63.0 Å². The van der Waals surface area contributed by atoms with E-state index < -0.39 is 0 Å². The van der Waals surface area contributed by atoms with E-state index in [1.54, 1.807) is 31.4 Å². The second kappa shape index (κ2) is 7.30. The lowest BCUT2D eigenvalue weighted by atomic mass is 10.2. The van der Waals surface area contributed by atoms with Gasteiger partial charge in [-0.1, -0.05) is 41.4 Å². The van der Waals surface area contributed by atoms with E-state index in [-0.39, 0.29) is 5.91 Å². The molecule has 1 N–H and O–H groups in total. The van der Waals surface area contributed by atoms with Gasteiger partial charge in [-0.2, -0.15) is 0 Å². The molecule has 2 aromatic carbocycles. The average Bonchev–Trinajstić information content (AvgIpc) is 2.92. The SMILES string of the molecule is COc1ccc(C=C2SC(=Nc3cccc(Cl)c3Cl)NC2=O)cc1. The van der Waals surface area contributed by atoms with Gasteiger partial charge in [0.15, 0.2) is 5.17 Å². The van der Waals surface area contributed by atoms with Gasteiger partial charge in [0.25, 0.3) is 5.91 Å². The lowest BCUT2D eigenvalue weighted by Crippen LogP contribution is -2.19. The molecule has 0 aromatic heterocycles. The molecule has 0 bridgehead atoms. The zero-order valence-electron chi connectivity index (χ0n) is 12.5. The van der Waals surface area contributed by atoms with Gasteiger partial charge in [-0.25, -0.2) is 4.99 Å². The van der Waals surface area contributed by atoms with Crippen LogP contribution >= 0.6 is 35.0 Å². The minimum absolute atomic E-state index is 0.201. The highest BCUT2D eigenvalue weighted by Gasteiger charge is 2.24. The maximum Gasteiger partial charge on any atom is 0.264 e. The first kappa shape index (κ1) is 16.9. The van der Waals surface area contributed by atoms with Gasteiger partial charge in [0, 0.05) is 0 Å². The van der Waals surface area contributed by atoms with E-state index >= 15 is 0 Å². The number of hydrogen-bond donors (Lipinski definition) is 1. The number of nitrogens with one attached hydrogen (secondary N) is 1. The predicted octanol–water partition coefficient (Wildman–Crippen LogP) is 4.89. The normalized spacial score (nSPS) is 17.4. The monoisotopic (exact) mass is 378 g/mol. The molecule has 1 aliphatic rings. The van der Waals surface area contributed by atoms with Gasteiger partial charge in [-0.15, -0.1) is 0 Å². The molecule has 1 aliphatic heterocycles. The zero-order valence-corrected chi connectivity index (χ0v) is 14.9. The molecule has 0 atom stereocenters. The fourth-order valence-electron chi connectivity index (χ4n) is 2.02. The van der Waals surface area contributed by atoms with E-state index in [1.165, 1.54) is 11.8 Å². The predicted molar refractivity (Wildman–Crippen MR) is 100 cm³/mol. The molecule has 1 amide bonds. The van der Waals surface area contributed by atoms with Crippen molar-refractivity contribution in [3.63, 3.8) is 0 Å². The summed E-state index contributed by atoms with van der Waals surface area (Å²) in [5.41, 5.74) is 1.41. The molecular weight excluding hydrogens is 367 g/mol. The quantitative estimate of drug-likeness (QED) is 0.773. The van der Waals surface area contributed by atoms with Gasteiger partial charge < -0.3 is 10.1 Å². The Morgan fingerprint density at radius 3 is 2.62 bits per heavy atom. The smallest absolute Gasteiger partial charge is 0.264 e. The van der Waals surface area contributed by atoms with E-state index in [2.05, 4.69) is 10.3 Å². The Balaban J connectivity index is 1.83. The zero-order chi connectivity index (χ0) is 17.1. The molecule has 3 rings (SSSR count). The van der Waals surface area contributed by atoms with Crippen LogP contribution in [-0.2, 0) is 4.79 Å². The summed E-state index contributed by atoms with van der Waals surface area (Å²) in [6.07, 6.45) is 1.79. The van der Waals surface area contributed by atoms with Crippen molar-refractivity contribution in [1.82, 2.24) is 5.32 Å². The van der Waals surface area contributed by atoms with Gasteiger partial charge in [-0.3, -0.25) is 4.79 Å². The van der Waals surface area contributed by atoms with Gasteiger partial charge in [0.2, 0.25) is 0 Å². The maximum absolute atomic E-state index is 12.1. The lowest BCUT2D eigenvalue weighted by Gasteiger charge is -2.01. The summed E-state index contributed by atoms with van der Waals surface area (Å²) in [7, 11) is 1.61. The summed E-state index contributed by atoms with van der Waals surface area (Å²) >= 11 is 13.3. The van der Waals surface area contributed by atoms with Gasteiger partial charge in [0.05, 0.1) is 27.7 Å². The molecule has 0 aliphatic carbocycles. The van der Waals surface area contributed by atoms with Crippen LogP contribution in [0.4, 0.5) is 5.69 Å². The molecule has 122 valence electrons. The number of carbonyl (C=O) groups excluding carboxylic acids is 1. The summed E-state index contributed by atoms with van der Waals surface area (Å²) in [4.78, 5) is 17.0. The first-order valence-corrected chi connectivity index (χ1v) is 8.52. The number of carbonyl (C=O) groups is 1. The molecule has 0 radical (unpaired) electrons. The summed E-state index contributed by atoms with van der Waals surface area (Å²) in [6.45, 7) is 0. The molecular formula is C17H12Cl2N2O2S. The molecule has 0 spiro atoms. The number of nitrogens with zero attached hydrogens (tertiary/aromatic N) is 1. The summed E-state index contributed by atoms with van der Waals surface area (Å²) in [5, 5.41) is 3.96.